The molecule has 1 fully saturated rings. The highest BCUT2D eigenvalue weighted by atomic mass is 35.5. The largest absolute Gasteiger partial charge is 0.303 e. The van der Waals surface area contributed by atoms with E-state index in [2.05, 4.69) is 16.0 Å². The molecule has 0 saturated carbocycles. The fraction of sp³-hybridized carbons (Fsp3) is 0.667. The van der Waals surface area contributed by atoms with Gasteiger partial charge in [-0.15, -0.1) is 11.6 Å². The Morgan fingerprint density at radius 1 is 1.39 bits per heavy atom. The van der Waals surface area contributed by atoms with E-state index in [0.29, 0.717) is 5.92 Å². The van der Waals surface area contributed by atoms with Gasteiger partial charge in [-0.25, -0.2) is 0 Å². The first-order chi connectivity index (χ1) is 8.88. The highest BCUT2D eigenvalue weighted by molar-refractivity contribution is 6.18. The minimum Gasteiger partial charge on any atom is -0.303 e. The van der Waals surface area contributed by atoms with Crippen molar-refractivity contribution in [2.75, 3.05) is 25.5 Å². The number of pyridine rings is 1. The first-order valence-electron chi connectivity index (χ1n) is 7.05. The zero-order valence-corrected chi connectivity index (χ0v) is 11.8. The van der Waals surface area contributed by atoms with E-state index >= 15 is 0 Å². The van der Waals surface area contributed by atoms with E-state index in [4.69, 9.17) is 11.6 Å². The molecule has 0 radical (unpaired) electrons. The van der Waals surface area contributed by atoms with Gasteiger partial charge in [0, 0.05) is 24.8 Å². The van der Waals surface area contributed by atoms with Crippen LogP contribution in [0.15, 0.2) is 24.5 Å². The van der Waals surface area contributed by atoms with E-state index in [1.165, 1.54) is 50.9 Å². The first kappa shape index (κ1) is 13.8. The second kappa shape index (κ2) is 7.75. The van der Waals surface area contributed by atoms with E-state index < -0.39 is 0 Å². The molecule has 1 aromatic rings. The number of hydrogen-bond acceptors (Lipinski definition) is 2. The number of halogens is 1. The zero-order chi connectivity index (χ0) is 12.6. The van der Waals surface area contributed by atoms with Crippen LogP contribution in [-0.4, -0.2) is 35.4 Å². The Hall–Kier alpha value is -0.600. The SMILES string of the molecule is ClCC1CCCCN(CCCc2cccnc2)C1. The van der Waals surface area contributed by atoms with Crippen LogP contribution in [0.5, 0.6) is 0 Å². The van der Waals surface area contributed by atoms with Gasteiger partial charge in [-0.3, -0.25) is 4.98 Å². The number of alkyl halides is 1. The van der Waals surface area contributed by atoms with E-state index in [-0.39, 0.29) is 0 Å². The topological polar surface area (TPSA) is 16.1 Å². The summed E-state index contributed by atoms with van der Waals surface area (Å²) < 4.78 is 0. The van der Waals surface area contributed by atoms with Gasteiger partial charge >= 0.3 is 0 Å². The second-order valence-electron chi connectivity index (χ2n) is 5.28. The zero-order valence-electron chi connectivity index (χ0n) is 11.0. The van der Waals surface area contributed by atoms with Gasteiger partial charge < -0.3 is 4.90 Å². The lowest BCUT2D eigenvalue weighted by molar-refractivity contribution is 0.254. The minimum absolute atomic E-state index is 0.701. The standard InChI is InChI=1S/C15H23ClN2/c16-11-15-5-1-2-9-18(13-15)10-4-7-14-6-3-8-17-12-14/h3,6,8,12,15H,1-2,4-5,7,9-11,13H2. The van der Waals surface area contributed by atoms with Crippen LogP contribution in [-0.2, 0) is 6.42 Å². The molecule has 1 aliphatic rings. The molecule has 2 nitrogen and oxygen atoms in total. The van der Waals surface area contributed by atoms with E-state index in [0.717, 1.165) is 12.3 Å². The maximum Gasteiger partial charge on any atom is 0.0299 e. The van der Waals surface area contributed by atoms with Crippen molar-refractivity contribution in [2.45, 2.75) is 32.1 Å². The summed E-state index contributed by atoms with van der Waals surface area (Å²) in [6, 6.07) is 4.18. The average molecular weight is 267 g/mol. The Morgan fingerprint density at radius 3 is 3.11 bits per heavy atom. The van der Waals surface area contributed by atoms with Crippen molar-refractivity contribution in [2.24, 2.45) is 5.92 Å². The summed E-state index contributed by atoms with van der Waals surface area (Å²) >= 11 is 6.01. The van der Waals surface area contributed by atoms with Crippen LogP contribution in [0.3, 0.4) is 0 Å². The molecule has 2 rings (SSSR count). The molecule has 1 aromatic heterocycles. The van der Waals surface area contributed by atoms with Gasteiger partial charge in [0.25, 0.3) is 0 Å². The van der Waals surface area contributed by atoms with E-state index in [1.807, 2.05) is 18.5 Å². The molecule has 0 spiro atoms. The van der Waals surface area contributed by atoms with E-state index in [1.54, 1.807) is 0 Å². The van der Waals surface area contributed by atoms with Crippen LogP contribution in [0.25, 0.3) is 0 Å². The molecule has 2 heterocycles. The Labute approximate surface area is 115 Å². The molecular formula is C15H23ClN2. The Balaban J connectivity index is 1.72. The highest BCUT2D eigenvalue weighted by Gasteiger charge is 2.16. The number of hydrogen-bond donors (Lipinski definition) is 0. The number of likely N-dealkylation sites (tertiary alicyclic amines) is 1. The normalized spacial score (nSPS) is 21.7. The molecule has 1 saturated heterocycles. The summed E-state index contributed by atoms with van der Waals surface area (Å²) in [6.07, 6.45) is 10.2. The lowest BCUT2D eigenvalue weighted by Gasteiger charge is -2.23. The number of aryl methyl sites for hydroxylation is 1. The summed E-state index contributed by atoms with van der Waals surface area (Å²) in [5, 5.41) is 0. The van der Waals surface area contributed by atoms with Gasteiger partial charge in [0.15, 0.2) is 0 Å². The van der Waals surface area contributed by atoms with Crippen molar-refractivity contribution >= 4 is 11.6 Å². The molecule has 0 bridgehead atoms. The van der Waals surface area contributed by atoms with Gasteiger partial charge in [0.1, 0.15) is 0 Å². The van der Waals surface area contributed by atoms with Gasteiger partial charge in [0.2, 0.25) is 0 Å². The molecule has 1 aliphatic heterocycles. The number of rotatable bonds is 5. The highest BCUT2D eigenvalue weighted by Crippen LogP contribution is 2.18. The fourth-order valence-corrected chi connectivity index (χ4v) is 2.95. The molecule has 0 N–H and O–H groups in total. The van der Waals surface area contributed by atoms with E-state index in [9.17, 15) is 0 Å². The van der Waals surface area contributed by atoms with Crippen LogP contribution >= 0.6 is 11.6 Å². The smallest absolute Gasteiger partial charge is 0.0299 e. The first-order valence-corrected chi connectivity index (χ1v) is 7.59. The molecule has 0 amide bonds. The van der Waals surface area contributed by atoms with Crippen molar-refractivity contribution in [3.05, 3.63) is 30.1 Å². The Morgan fingerprint density at radius 2 is 2.33 bits per heavy atom. The third-order valence-electron chi connectivity index (χ3n) is 3.73. The Bertz CT molecular complexity index is 329. The maximum absolute atomic E-state index is 6.01. The van der Waals surface area contributed by atoms with Gasteiger partial charge in [-0.2, -0.15) is 0 Å². The fourth-order valence-electron chi connectivity index (χ4n) is 2.70. The predicted octanol–water partition coefficient (Wildman–Crippen LogP) is 3.36. The summed E-state index contributed by atoms with van der Waals surface area (Å²) in [5.41, 5.74) is 1.35. The van der Waals surface area contributed by atoms with Crippen molar-refractivity contribution < 1.29 is 0 Å². The van der Waals surface area contributed by atoms with Gasteiger partial charge in [0.05, 0.1) is 0 Å². The third-order valence-corrected chi connectivity index (χ3v) is 4.17. The van der Waals surface area contributed by atoms with Crippen LogP contribution in [0, 0.1) is 5.92 Å². The summed E-state index contributed by atoms with van der Waals surface area (Å²) in [6.45, 7) is 3.64. The van der Waals surface area contributed by atoms with Crippen LogP contribution in [0.4, 0.5) is 0 Å². The van der Waals surface area contributed by atoms with Crippen LogP contribution in [0.1, 0.15) is 31.2 Å². The molecule has 1 unspecified atom stereocenters. The molecule has 0 aliphatic carbocycles. The van der Waals surface area contributed by atoms with Crippen LogP contribution < -0.4 is 0 Å². The van der Waals surface area contributed by atoms with Gasteiger partial charge in [-0.1, -0.05) is 12.5 Å². The van der Waals surface area contributed by atoms with Crippen LogP contribution in [0.2, 0.25) is 0 Å². The predicted molar refractivity (Wildman–Crippen MR) is 77.1 cm³/mol. The molecular weight excluding hydrogens is 244 g/mol. The lowest BCUT2D eigenvalue weighted by atomic mass is 10.1. The summed E-state index contributed by atoms with van der Waals surface area (Å²) in [7, 11) is 0. The quantitative estimate of drug-likeness (QED) is 0.760. The molecule has 18 heavy (non-hydrogen) atoms. The average Bonchev–Trinajstić information content (AvgIpc) is 2.65. The van der Waals surface area contributed by atoms with Crippen molar-refractivity contribution in [3.63, 3.8) is 0 Å². The maximum atomic E-state index is 6.01. The summed E-state index contributed by atoms with van der Waals surface area (Å²) in [4.78, 5) is 6.75. The number of aromatic nitrogens is 1. The van der Waals surface area contributed by atoms with Gasteiger partial charge in [-0.05, 0) is 56.3 Å². The molecule has 1 atom stereocenters. The number of nitrogens with zero attached hydrogens (tertiary/aromatic N) is 2. The van der Waals surface area contributed by atoms with Crippen molar-refractivity contribution in [3.8, 4) is 0 Å². The third kappa shape index (κ3) is 4.58. The van der Waals surface area contributed by atoms with Crippen molar-refractivity contribution in [1.29, 1.82) is 0 Å². The second-order valence-corrected chi connectivity index (χ2v) is 5.59. The Kier molecular flexibility index (Phi) is 5.95. The molecule has 3 heteroatoms. The lowest BCUT2D eigenvalue weighted by Crippen LogP contribution is -2.30. The van der Waals surface area contributed by atoms with Crippen molar-refractivity contribution in [1.82, 2.24) is 9.88 Å². The molecule has 0 aromatic carbocycles. The molecule has 100 valence electrons. The minimum atomic E-state index is 0.701. The monoisotopic (exact) mass is 266 g/mol. The summed E-state index contributed by atoms with van der Waals surface area (Å²) in [5.74, 6) is 1.52.